The molecule has 0 bridgehead atoms. The van der Waals surface area contributed by atoms with Gasteiger partial charge in [-0.1, -0.05) is 33.6 Å². The Balaban J connectivity index is 0.000000211. The molecule has 0 aromatic carbocycles. The summed E-state index contributed by atoms with van der Waals surface area (Å²) in [6, 6.07) is 0.493. The maximum Gasteiger partial charge on any atom is 0.236 e. The van der Waals surface area contributed by atoms with E-state index in [9.17, 15) is 4.79 Å². The highest BCUT2D eigenvalue weighted by Gasteiger charge is 2.22. The molecular weight excluding hydrogens is 260 g/mol. The molecule has 3 nitrogen and oxygen atoms in total. The minimum atomic E-state index is 0.241. The molecule has 21 heavy (non-hydrogen) atoms. The van der Waals surface area contributed by atoms with E-state index < -0.39 is 0 Å². The van der Waals surface area contributed by atoms with E-state index in [4.69, 9.17) is 0 Å². The predicted octanol–water partition coefficient (Wildman–Crippen LogP) is 3.64. The summed E-state index contributed by atoms with van der Waals surface area (Å²) in [4.78, 5) is 15.2. The summed E-state index contributed by atoms with van der Waals surface area (Å²) in [6.07, 6.45) is 5.92. The van der Waals surface area contributed by atoms with Gasteiger partial charge in [0.05, 0.1) is 6.54 Å². The maximum atomic E-state index is 11.2. The Kier molecular flexibility index (Phi) is 7.72. The first-order chi connectivity index (χ1) is 9.81. The van der Waals surface area contributed by atoms with Crippen LogP contribution < -0.4 is 0 Å². The van der Waals surface area contributed by atoms with Crippen molar-refractivity contribution in [1.82, 2.24) is 9.80 Å². The monoisotopic (exact) mass is 296 g/mol. The van der Waals surface area contributed by atoms with Crippen molar-refractivity contribution in [3.05, 3.63) is 0 Å². The molecule has 1 saturated heterocycles. The SMILES string of the molecule is CC(C)N1CCN(C)C(=O)C1.CC1CCC(C(C)C)CC1. The number of piperazine rings is 1. The van der Waals surface area contributed by atoms with Gasteiger partial charge in [0.2, 0.25) is 5.91 Å². The molecule has 0 spiro atoms. The lowest BCUT2D eigenvalue weighted by molar-refractivity contribution is -0.135. The zero-order valence-corrected chi connectivity index (χ0v) is 15.1. The van der Waals surface area contributed by atoms with Crippen molar-refractivity contribution in [2.24, 2.45) is 17.8 Å². The molecule has 0 unspecified atom stereocenters. The predicted molar refractivity (Wildman–Crippen MR) is 90.3 cm³/mol. The molecule has 0 atom stereocenters. The van der Waals surface area contributed by atoms with Crippen LogP contribution >= 0.6 is 0 Å². The van der Waals surface area contributed by atoms with Crippen molar-refractivity contribution in [1.29, 1.82) is 0 Å². The summed E-state index contributed by atoms with van der Waals surface area (Å²) in [5.74, 6) is 3.21. The molecule has 124 valence electrons. The van der Waals surface area contributed by atoms with Crippen molar-refractivity contribution in [2.45, 2.75) is 66.3 Å². The normalized spacial score (nSPS) is 27.8. The van der Waals surface area contributed by atoms with Gasteiger partial charge in [-0.05, 0) is 44.4 Å². The second-order valence-corrected chi connectivity index (χ2v) is 7.64. The second-order valence-electron chi connectivity index (χ2n) is 7.64. The molecule has 3 heteroatoms. The molecule has 1 aliphatic carbocycles. The van der Waals surface area contributed by atoms with E-state index in [0.29, 0.717) is 12.6 Å². The van der Waals surface area contributed by atoms with Gasteiger partial charge in [-0.25, -0.2) is 0 Å². The van der Waals surface area contributed by atoms with E-state index >= 15 is 0 Å². The molecule has 0 N–H and O–H groups in total. The number of nitrogens with zero attached hydrogens (tertiary/aromatic N) is 2. The first-order valence-corrected chi connectivity index (χ1v) is 8.79. The van der Waals surface area contributed by atoms with Crippen LogP contribution in [0, 0.1) is 17.8 Å². The van der Waals surface area contributed by atoms with Gasteiger partial charge in [0, 0.05) is 26.2 Å². The molecule has 2 rings (SSSR count). The van der Waals surface area contributed by atoms with Gasteiger partial charge >= 0.3 is 0 Å². The molecule has 0 radical (unpaired) electrons. The highest BCUT2D eigenvalue weighted by molar-refractivity contribution is 5.78. The van der Waals surface area contributed by atoms with Crippen LogP contribution in [0.1, 0.15) is 60.3 Å². The molecule has 1 saturated carbocycles. The lowest BCUT2D eigenvalue weighted by Crippen LogP contribution is -2.50. The summed E-state index contributed by atoms with van der Waals surface area (Å²) in [5, 5.41) is 0. The number of hydrogen-bond acceptors (Lipinski definition) is 2. The van der Waals surface area contributed by atoms with Gasteiger partial charge < -0.3 is 4.90 Å². The van der Waals surface area contributed by atoms with Crippen molar-refractivity contribution >= 4 is 5.91 Å². The molecule has 1 amide bonds. The van der Waals surface area contributed by atoms with Gasteiger partial charge in [-0.15, -0.1) is 0 Å². The topological polar surface area (TPSA) is 23.6 Å². The van der Waals surface area contributed by atoms with Gasteiger partial charge in [0.1, 0.15) is 0 Å². The Morgan fingerprint density at radius 2 is 1.57 bits per heavy atom. The average Bonchev–Trinajstić information content (AvgIpc) is 2.43. The molecule has 1 aliphatic heterocycles. The molecule has 2 aliphatic rings. The van der Waals surface area contributed by atoms with E-state index in [-0.39, 0.29) is 5.91 Å². The Labute approximate surface area is 132 Å². The summed E-state index contributed by atoms with van der Waals surface area (Å²) in [6.45, 7) is 13.8. The fourth-order valence-electron chi connectivity index (χ4n) is 3.17. The van der Waals surface area contributed by atoms with Gasteiger partial charge in [-0.2, -0.15) is 0 Å². The van der Waals surface area contributed by atoms with Crippen LogP contribution in [0.15, 0.2) is 0 Å². The average molecular weight is 296 g/mol. The third-order valence-corrected chi connectivity index (χ3v) is 5.22. The lowest BCUT2D eigenvalue weighted by Gasteiger charge is -2.34. The van der Waals surface area contributed by atoms with Crippen LogP contribution in [0.2, 0.25) is 0 Å². The number of amides is 1. The van der Waals surface area contributed by atoms with Crippen LogP contribution in [-0.2, 0) is 4.79 Å². The third kappa shape index (κ3) is 6.37. The number of carbonyl (C=O) groups excluding carboxylic acids is 1. The Bertz CT molecular complexity index is 306. The van der Waals surface area contributed by atoms with Gasteiger partial charge in [-0.3, -0.25) is 9.69 Å². The summed E-state index contributed by atoms with van der Waals surface area (Å²) >= 11 is 0. The molecule has 2 fully saturated rings. The molecule has 0 aromatic heterocycles. The molecule has 1 heterocycles. The zero-order valence-electron chi connectivity index (χ0n) is 15.1. The second kappa shape index (κ2) is 8.77. The largest absolute Gasteiger partial charge is 0.343 e. The third-order valence-electron chi connectivity index (χ3n) is 5.22. The fraction of sp³-hybridized carbons (Fsp3) is 0.944. The van der Waals surface area contributed by atoms with Crippen LogP contribution in [0.3, 0.4) is 0 Å². The number of carbonyl (C=O) groups is 1. The zero-order chi connectivity index (χ0) is 16.0. The van der Waals surface area contributed by atoms with E-state index in [1.54, 1.807) is 4.90 Å². The minimum absolute atomic E-state index is 0.241. The van der Waals surface area contributed by atoms with Crippen molar-refractivity contribution < 1.29 is 4.79 Å². The van der Waals surface area contributed by atoms with Crippen LogP contribution in [-0.4, -0.2) is 48.4 Å². The first kappa shape index (κ1) is 18.5. The lowest BCUT2D eigenvalue weighted by atomic mass is 9.78. The van der Waals surface area contributed by atoms with Crippen LogP contribution in [0.25, 0.3) is 0 Å². The number of hydrogen-bond donors (Lipinski definition) is 0. The van der Waals surface area contributed by atoms with E-state index in [2.05, 4.69) is 39.5 Å². The van der Waals surface area contributed by atoms with Crippen LogP contribution in [0.4, 0.5) is 0 Å². The minimum Gasteiger partial charge on any atom is -0.343 e. The Morgan fingerprint density at radius 1 is 1.00 bits per heavy atom. The summed E-state index contributed by atoms with van der Waals surface area (Å²) in [5.41, 5.74) is 0. The fourth-order valence-corrected chi connectivity index (χ4v) is 3.17. The smallest absolute Gasteiger partial charge is 0.236 e. The summed E-state index contributed by atoms with van der Waals surface area (Å²) in [7, 11) is 1.86. The molecule has 0 aromatic rings. The number of likely N-dealkylation sites (N-methyl/N-ethyl adjacent to an activating group) is 1. The van der Waals surface area contributed by atoms with Crippen molar-refractivity contribution in [2.75, 3.05) is 26.7 Å². The Morgan fingerprint density at radius 3 is 2.00 bits per heavy atom. The van der Waals surface area contributed by atoms with Gasteiger partial charge in [0.15, 0.2) is 0 Å². The van der Waals surface area contributed by atoms with Crippen molar-refractivity contribution in [3.8, 4) is 0 Å². The standard InChI is InChI=1S/C10H20.C8H16N2O/c1-8(2)10-6-4-9(3)5-7-10;1-7(2)10-5-4-9(3)8(11)6-10/h8-10H,4-7H2,1-3H3;7H,4-6H2,1-3H3. The molecular formula is C18H36N2O. The van der Waals surface area contributed by atoms with Crippen molar-refractivity contribution in [3.63, 3.8) is 0 Å². The maximum absolute atomic E-state index is 11.2. The first-order valence-electron chi connectivity index (χ1n) is 8.79. The van der Waals surface area contributed by atoms with E-state index in [1.165, 1.54) is 25.7 Å². The van der Waals surface area contributed by atoms with Gasteiger partial charge in [0.25, 0.3) is 0 Å². The highest BCUT2D eigenvalue weighted by atomic mass is 16.2. The Hall–Kier alpha value is -0.570. The quantitative estimate of drug-likeness (QED) is 0.777. The van der Waals surface area contributed by atoms with E-state index in [0.717, 1.165) is 30.8 Å². The van der Waals surface area contributed by atoms with Crippen LogP contribution in [0.5, 0.6) is 0 Å². The summed E-state index contributed by atoms with van der Waals surface area (Å²) < 4.78 is 0. The number of rotatable bonds is 2. The highest BCUT2D eigenvalue weighted by Crippen LogP contribution is 2.32. The van der Waals surface area contributed by atoms with E-state index in [1.807, 2.05) is 7.05 Å².